The lowest BCUT2D eigenvalue weighted by molar-refractivity contribution is -0.0585. The second-order valence-electron chi connectivity index (χ2n) is 6.56. The van der Waals surface area contributed by atoms with E-state index < -0.39 is 10.0 Å². The lowest BCUT2D eigenvalue weighted by Gasteiger charge is -2.42. The van der Waals surface area contributed by atoms with Gasteiger partial charge in [0.25, 0.3) is 0 Å². The molecule has 2 aliphatic rings. The maximum absolute atomic E-state index is 12.9. The van der Waals surface area contributed by atoms with E-state index in [2.05, 4.69) is 5.16 Å². The molecule has 1 aliphatic heterocycles. The highest BCUT2D eigenvalue weighted by Gasteiger charge is 2.40. The average Bonchev–Trinajstić information content (AvgIpc) is 3.03. The number of morpholine rings is 1. The van der Waals surface area contributed by atoms with Crippen LogP contribution in [0.3, 0.4) is 0 Å². The summed E-state index contributed by atoms with van der Waals surface area (Å²) in [6.07, 6.45) is 4.50. The van der Waals surface area contributed by atoms with Gasteiger partial charge < -0.3 is 9.26 Å². The van der Waals surface area contributed by atoms with Crippen LogP contribution >= 0.6 is 0 Å². The van der Waals surface area contributed by atoms with E-state index >= 15 is 0 Å². The lowest BCUT2D eigenvalue weighted by atomic mass is 9.91. The van der Waals surface area contributed by atoms with Crippen LogP contribution < -0.4 is 0 Å². The summed E-state index contributed by atoms with van der Waals surface area (Å²) in [7, 11) is -3.33. The zero-order chi connectivity index (χ0) is 16.6. The van der Waals surface area contributed by atoms with E-state index in [0.717, 1.165) is 31.1 Å². The summed E-state index contributed by atoms with van der Waals surface area (Å²) < 4.78 is 38.5. The van der Waals surface area contributed by atoms with Gasteiger partial charge in [-0.1, -0.05) is 30.1 Å². The van der Waals surface area contributed by atoms with Gasteiger partial charge in [-0.3, -0.25) is 0 Å². The minimum Gasteiger partial charge on any atom is -0.375 e. The third-order valence-corrected chi connectivity index (χ3v) is 6.98. The maximum Gasteiger partial charge on any atom is 0.214 e. The smallest absolute Gasteiger partial charge is 0.214 e. The highest BCUT2D eigenvalue weighted by Crippen LogP contribution is 2.30. The number of benzene rings is 1. The van der Waals surface area contributed by atoms with E-state index in [9.17, 15) is 8.42 Å². The van der Waals surface area contributed by atoms with Crippen molar-refractivity contribution in [2.45, 2.75) is 44.2 Å². The Hall–Kier alpha value is -1.44. The number of aromatic nitrogens is 1. The van der Waals surface area contributed by atoms with Gasteiger partial charge in [-0.05, 0) is 25.0 Å². The van der Waals surface area contributed by atoms with E-state index in [1.165, 1.54) is 0 Å². The van der Waals surface area contributed by atoms with Crippen molar-refractivity contribution in [3.05, 3.63) is 30.0 Å². The number of aryl methyl sites for hydroxylation is 1. The van der Waals surface area contributed by atoms with Crippen LogP contribution in [0.4, 0.5) is 0 Å². The van der Waals surface area contributed by atoms with Crippen LogP contribution in [0, 0.1) is 0 Å². The van der Waals surface area contributed by atoms with Crippen molar-refractivity contribution >= 4 is 21.0 Å². The van der Waals surface area contributed by atoms with Gasteiger partial charge in [0.15, 0.2) is 5.58 Å². The largest absolute Gasteiger partial charge is 0.375 e. The molecule has 0 spiro atoms. The number of fused-ring (bicyclic) bond motifs is 2. The van der Waals surface area contributed by atoms with Crippen molar-refractivity contribution in [2.24, 2.45) is 0 Å². The zero-order valence-electron chi connectivity index (χ0n) is 13.6. The number of hydrogen-bond acceptors (Lipinski definition) is 5. The molecule has 0 amide bonds. The minimum absolute atomic E-state index is 0.00607. The van der Waals surface area contributed by atoms with Crippen molar-refractivity contribution in [1.29, 1.82) is 0 Å². The Kier molecular flexibility index (Phi) is 4.32. The molecule has 1 saturated heterocycles. The molecule has 2 fully saturated rings. The topological polar surface area (TPSA) is 72.6 Å². The molecule has 2 unspecified atom stereocenters. The quantitative estimate of drug-likeness (QED) is 0.846. The van der Waals surface area contributed by atoms with Gasteiger partial charge in [-0.25, -0.2) is 8.42 Å². The van der Waals surface area contributed by atoms with E-state index in [0.29, 0.717) is 30.8 Å². The average molecular weight is 350 g/mol. The summed E-state index contributed by atoms with van der Waals surface area (Å²) in [5.74, 6) is 0.0622. The van der Waals surface area contributed by atoms with Crippen LogP contribution in [-0.2, 0) is 21.2 Å². The summed E-state index contributed by atoms with van der Waals surface area (Å²) in [5.41, 5.74) is 1.41. The van der Waals surface area contributed by atoms with Crippen LogP contribution in [0.1, 0.15) is 31.4 Å². The van der Waals surface area contributed by atoms with E-state index in [1.807, 2.05) is 24.3 Å². The fourth-order valence-corrected chi connectivity index (χ4v) is 5.56. The Labute approximate surface area is 141 Å². The van der Waals surface area contributed by atoms with Crippen LogP contribution in [0.15, 0.2) is 28.8 Å². The molecule has 0 bridgehead atoms. The normalized spacial score (nSPS) is 25.7. The van der Waals surface area contributed by atoms with Crippen LogP contribution in [0.5, 0.6) is 0 Å². The molecule has 130 valence electrons. The van der Waals surface area contributed by atoms with E-state index in [1.54, 1.807) is 4.31 Å². The first-order chi connectivity index (χ1) is 11.6. The molecule has 1 aromatic heterocycles. The van der Waals surface area contributed by atoms with Crippen molar-refractivity contribution in [3.8, 4) is 0 Å². The summed E-state index contributed by atoms with van der Waals surface area (Å²) >= 11 is 0. The van der Waals surface area contributed by atoms with E-state index in [-0.39, 0.29) is 17.9 Å². The number of para-hydroxylation sites is 1. The third kappa shape index (κ3) is 2.96. The predicted molar refractivity (Wildman–Crippen MR) is 90.2 cm³/mol. The van der Waals surface area contributed by atoms with Gasteiger partial charge in [-0.2, -0.15) is 4.31 Å². The predicted octanol–water partition coefficient (Wildman–Crippen LogP) is 2.34. The van der Waals surface area contributed by atoms with Crippen molar-refractivity contribution in [2.75, 3.05) is 18.9 Å². The van der Waals surface area contributed by atoms with Crippen molar-refractivity contribution in [1.82, 2.24) is 9.46 Å². The molecule has 1 aliphatic carbocycles. The molecular formula is C17H22N2O4S. The number of nitrogens with zero attached hydrogens (tertiary/aromatic N) is 2. The number of sulfonamides is 1. The highest BCUT2D eigenvalue weighted by molar-refractivity contribution is 7.89. The molecule has 6 nitrogen and oxygen atoms in total. The summed E-state index contributed by atoms with van der Waals surface area (Å²) in [5, 5.41) is 4.94. The molecule has 0 N–H and O–H groups in total. The Morgan fingerprint density at radius 3 is 2.96 bits per heavy atom. The SMILES string of the molecule is O=S(=O)(CCc1noc2ccccc12)N1CCOC2CCCCC21. The standard InChI is InChI=1S/C17H22N2O4S/c20-24(21,19-10-11-22-17-8-4-2-6-15(17)19)12-9-14-13-5-1-3-7-16(13)23-18-14/h1,3,5,7,15,17H,2,4,6,8-12H2. The Balaban J connectivity index is 1.50. The second kappa shape index (κ2) is 6.46. The molecule has 24 heavy (non-hydrogen) atoms. The Bertz CT molecular complexity index is 815. The summed E-state index contributed by atoms with van der Waals surface area (Å²) in [6, 6.07) is 7.55. The van der Waals surface area contributed by atoms with Gasteiger partial charge in [-0.15, -0.1) is 0 Å². The second-order valence-corrected chi connectivity index (χ2v) is 8.60. The lowest BCUT2D eigenvalue weighted by Crippen LogP contribution is -2.55. The van der Waals surface area contributed by atoms with Gasteiger partial charge >= 0.3 is 0 Å². The van der Waals surface area contributed by atoms with Crippen LogP contribution in [0.25, 0.3) is 11.0 Å². The van der Waals surface area contributed by atoms with Crippen LogP contribution in [0.2, 0.25) is 0 Å². The molecule has 4 rings (SSSR count). The Morgan fingerprint density at radius 1 is 1.21 bits per heavy atom. The zero-order valence-corrected chi connectivity index (χ0v) is 14.4. The molecule has 0 radical (unpaired) electrons. The van der Waals surface area contributed by atoms with Crippen molar-refractivity contribution in [3.63, 3.8) is 0 Å². The first-order valence-corrected chi connectivity index (χ1v) is 10.2. The summed E-state index contributed by atoms with van der Waals surface area (Å²) in [4.78, 5) is 0. The molecule has 1 aromatic carbocycles. The minimum atomic E-state index is -3.33. The molecule has 2 atom stereocenters. The van der Waals surface area contributed by atoms with Gasteiger partial charge in [0, 0.05) is 18.4 Å². The van der Waals surface area contributed by atoms with Gasteiger partial charge in [0.2, 0.25) is 10.0 Å². The fourth-order valence-electron chi connectivity index (χ4n) is 3.87. The highest BCUT2D eigenvalue weighted by atomic mass is 32.2. The third-order valence-electron chi connectivity index (χ3n) is 5.09. The first kappa shape index (κ1) is 16.1. The van der Waals surface area contributed by atoms with Crippen LogP contribution in [-0.4, -0.2) is 48.9 Å². The van der Waals surface area contributed by atoms with Gasteiger partial charge in [0.1, 0.15) is 0 Å². The monoisotopic (exact) mass is 350 g/mol. The molecule has 7 heteroatoms. The number of rotatable bonds is 4. The molecular weight excluding hydrogens is 328 g/mol. The number of hydrogen-bond donors (Lipinski definition) is 0. The first-order valence-electron chi connectivity index (χ1n) is 8.59. The van der Waals surface area contributed by atoms with Gasteiger partial charge in [0.05, 0.1) is 30.2 Å². The number of ether oxygens (including phenoxy) is 1. The van der Waals surface area contributed by atoms with Crippen molar-refractivity contribution < 1.29 is 17.7 Å². The maximum atomic E-state index is 12.9. The Morgan fingerprint density at radius 2 is 2.04 bits per heavy atom. The molecule has 2 heterocycles. The molecule has 1 saturated carbocycles. The van der Waals surface area contributed by atoms with E-state index in [4.69, 9.17) is 9.26 Å². The summed E-state index contributed by atoms with van der Waals surface area (Å²) in [6.45, 7) is 0.955. The molecule has 2 aromatic rings. The fraction of sp³-hybridized carbons (Fsp3) is 0.588.